The molecule has 4 heteroatoms. The van der Waals surface area contributed by atoms with Gasteiger partial charge < -0.3 is 5.11 Å². The van der Waals surface area contributed by atoms with E-state index in [4.69, 9.17) is 0 Å². The van der Waals surface area contributed by atoms with Crippen molar-refractivity contribution in [3.05, 3.63) is 76.9 Å². The summed E-state index contributed by atoms with van der Waals surface area (Å²) in [5, 5.41) is 8.52. The summed E-state index contributed by atoms with van der Waals surface area (Å²) in [7, 11) is -3.53. The van der Waals surface area contributed by atoms with Crippen LogP contribution in [0.15, 0.2) is 81.8 Å². The minimum Gasteiger partial charge on any atom is -0.392 e. The van der Waals surface area contributed by atoms with E-state index in [1.165, 1.54) is 24.0 Å². The first kappa shape index (κ1) is 24.4. The van der Waals surface area contributed by atoms with E-state index in [0.717, 1.165) is 17.6 Å². The molecule has 0 amide bonds. The molecule has 0 aromatic heterocycles. The second-order valence-electron chi connectivity index (χ2n) is 9.01. The minimum atomic E-state index is -3.53. The van der Waals surface area contributed by atoms with Gasteiger partial charge in [0.05, 0.1) is 16.8 Å². The van der Waals surface area contributed by atoms with Crippen LogP contribution in [-0.4, -0.2) is 25.4 Å². The van der Waals surface area contributed by atoms with E-state index < -0.39 is 15.1 Å². The average molecular weight is 429 g/mol. The van der Waals surface area contributed by atoms with Crippen molar-refractivity contribution in [2.24, 2.45) is 5.41 Å². The third kappa shape index (κ3) is 6.29. The predicted octanol–water partition coefficient (Wildman–Crippen LogP) is 6.19. The summed E-state index contributed by atoms with van der Waals surface area (Å²) in [6, 6.07) is 8.60. The molecule has 0 bridgehead atoms. The largest absolute Gasteiger partial charge is 0.392 e. The van der Waals surface area contributed by atoms with Gasteiger partial charge in [-0.2, -0.15) is 0 Å². The molecular formula is C26H36O3S. The Morgan fingerprint density at radius 1 is 1.20 bits per heavy atom. The predicted molar refractivity (Wildman–Crippen MR) is 126 cm³/mol. The first-order valence-electron chi connectivity index (χ1n) is 10.7. The van der Waals surface area contributed by atoms with Crippen molar-refractivity contribution < 1.29 is 13.5 Å². The molecule has 0 fully saturated rings. The summed E-state index contributed by atoms with van der Waals surface area (Å²) < 4.78 is 26.6. The van der Waals surface area contributed by atoms with E-state index in [-0.39, 0.29) is 12.0 Å². The normalized spacial score (nSPS) is 19.4. The molecule has 0 spiro atoms. The average Bonchev–Trinajstić information content (AvgIpc) is 2.67. The van der Waals surface area contributed by atoms with Gasteiger partial charge in [0.1, 0.15) is 0 Å². The van der Waals surface area contributed by atoms with E-state index in [9.17, 15) is 13.5 Å². The Hall–Kier alpha value is -1.91. The van der Waals surface area contributed by atoms with E-state index >= 15 is 0 Å². The molecule has 0 saturated carbocycles. The second-order valence-corrected chi connectivity index (χ2v) is 11.2. The van der Waals surface area contributed by atoms with Gasteiger partial charge in [0, 0.05) is 0 Å². The number of sulfone groups is 1. The third-order valence-corrected chi connectivity index (χ3v) is 7.97. The summed E-state index contributed by atoms with van der Waals surface area (Å²) >= 11 is 0. The van der Waals surface area contributed by atoms with Crippen LogP contribution < -0.4 is 0 Å². The Balaban J connectivity index is 2.39. The Morgan fingerprint density at radius 3 is 2.47 bits per heavy atom. The van der Waals surface area contributed by atoms with Crippen LogP contribution in [0.3, 0.4) is 0 Å². The maximum atomic E-state index is 13.3. The lowest BCUT2D eigenvalue weighted by molar-refractivity contribution is 0.341. The van der Waals surface area contributed by atoms with Crippen LogP contribution >= 0.6 is 0 Å². The number of allylic oxidation sites excluding steroid dienone is 6. The van der Waals surface area contributed by atoms with Gasteiger partial charge in [-0.15, -0.1) is 0 Å². The van der Waals surface area contributed by atoms with Gasteiger partial charge in [0.25, 0.3) is 0 Å². The van der Waals surface area contributed by atoms with E-state index in [1.54, 1.807) is 30.3 Å². The van der Waals surface area contributed by atoms with Crippen LogP contribution in [0.5, 0.6) is 0 Å². The lowest BCUT2D eigenvalue weighted by atomic mass is 9.72. The molecule has 2 rings (SSSR count). The molecule has 0 heterocycles. The molecule has 1 aliphatic carbocycles. The van der Waals surface area contributed by atoms with Crippen LogP contribution in [0.25, 0.3) is 0 Å². The summed E-state index contributed by atoms with van der Waals surface area (Å²) in [6.07, 6.45) is 11.6. The molecule has 3 nitrogen and oxygen atoms in total. The number of aliphatic hydroxyl groups excluding tert-OH is 1. The molecule has 1 unspecified atom stereocenters. The summed E-state index contributed by atoms with van der Waals surface area (Å²) in [5.74, 6) is 0. The molecule has 0 saturated heterocycles. The highest BCUT2D eigenvalue weighted by atomic mass is 32.2. The van der Waals surface area contributed by atoms with Crippen LogP contribution in [0, 0.1) is 5.41 Å². The van der Waals surface area contributed by atoms with Gasteiger partial charge >= 0.3 is 0 Å². The summed E-state index contributed by atoms with van der Waals surface area (Å²) in [4.78, 5) is 0.326. The first-order valence-corrected chi connectivity index (χ1v) is 12.2. The summed E-state index contributed by atoms with van der Waals surface area (Å²) in [5.41, 5.74) is 4.72. The molecule has 1 aliphatic rings. The number of hydrogen-bond donors (Lipinski definition) is 1. The highest BCUT2D eigenvalue weighted by Gasteiger charge is 2.27. The van der Waals surface area contributed by atoms with Gasteiger partial charge in [-0.1, -0.05) is 73.1 Å². The SMILES string of the molecule is CC(C=CC1=C(C)CCCC1(C)C)=CC(CC(C)=CCO)S(=O)(=O)c1ccccc1. The van der Waals surface area contributed by atoms with Gasteiger partial charge in [-0.25, -0.2) is 8.42 Å². The van der Waals surface area contributed by atoms with Gasteiger partial charge in [0.15, 0.2) is 9.84 Å². The minimum absolute atomic E-state index is 0.0882. The van der Waals surface area contributed by atoms with Crippen LogP contribution in [0.2, 0.25) is 0 Å². The Labute approximate surface area is 182 Å². The van der Waals surface area contributed by atoms with E-state index in [2.05, 4.69) is 26.8 Å². The topological polar surface area (TPSA) is 54.4 Å². The van der Waals surface area contributed by atoms with Crippen LogP contribution in [0.4, 0.5) is 0 Å². The fourth-order valence-electron chi connectivity index (χ4n) is 4.17. The van der Waals surface area contributed by atoms with Gasteiger partial charge in [-0.3, -0.25) is 0 Å². The Kier molecular flexibility index (Phi) is 8.45. The lowest BCUT2D eigenvalue weighted by Crippen LogP contribution is -2.20. The molecule has 1 aromatic carbocycles. The van der Waals surface area contributed by atoms with Crippen LogP contribution in [0.1, 0.15) is 60.3 Å². The smallest absolute Gasteiger partial charge is 0.185 e. The van der Waals surface area contributed by atoms with E-state index in [1.807, 2.05) is 32.1 Å². The molecular weight excluding hydrogens is 392 g/mol. The van der Waals surface area contributed by atoms with Crippen molar-refractivity contribution in [2.45, 2.75) is 70.4 Å². The number of hydrogen-bond acceptors (Lipinski definition) is 3. The molecule has 1 N–H and O–H groups in total. The van der Waals surface area contributed by atoms with Crippen molar-refractivity contribution in [1.82, 2.24) is 0 Å². The fourth-order valence-corrected chi connectivity index (χ4v) is 5.94. The van der Waals surface area contributed by atoms with Gasteiger partial charge in [0.2, 0.25) is 0 Å². The number of benzene rings is 1. The Bertz CT molecular complexity index is 945. The van der Waals surface area contributed by atoms with Crippen molar-refractivity contribution in [2.75, 3.05) is 6.61 Å². The fraction of sp³-hybridized carbons (Fsp3) is 0.462. The lowest BCUT2D eigenvalue weighted by Gasteiger charge is -2.33. The van der Waals surface area contributed by atoms with Crippen molar-refractivity contribution >= 4 is 9.84 Å². The van der Waals surface area contributed by atoms with Crippen molar-refractivity contribution in [3.8, 4) is 0 Å². The zero-order valence-electron chi connectivity index (χ0n) is 19.0. The van der Waals surface area contributed by atoms with Gasteiger partial charge in [-0.05, 0) is 69.6 Å². The van der Waals surface area contributed by atoms with Crippen LogP contribution in [-0.2, 0) is 9.84 Å². The van der Waals surface area contributed by atoms with E-state index in [0.29, 0.717) is 11.3 Å². The monoisotopic (exact) mass is 428 g/mol. The standard InChI is InChI=1S/C26H36O3S/c1-20(13-14-25-22(3)10-9-16-26(25,4)5)18-24(19-21(2)15-17-27)30(28,29)23-11-7-6-8-12-23/h6-8,11-15,18,24,27H,9-10,16-17,19H2,1-5H3. The number of aliphatic hydroxyl groups is 1. The summed E-state index contributed by atoms with van der Waals surface area (Å²) in [6.45, 7) is 10.5. The van der Waals surface area contributed by atoms with Crippen molar-refractivity contribution in [3.63, 3.8) is 0 Å². The molecule has 0 aliphatic heterocycles. The Morgan fingerprint density at radius 2 is 1.87 bits per heavy atom. The quantitative estimate of drug-likeness (QED) is 0.397. The maximum absolute atomic E-state index is 13.3. The second kappa shape index (κ2) is 10.4. The molecule has 1 atom stereocenters. The zero-order valence-corrected chi connectivity index (χ0v) is 19.8. The highest BCUT2D eigenvalue weighted by molar-refractivity contribution is 7.92. The first-order chi connectivity index (χ1) is 14.1. The highest BCUT2D eigenvalue weighted by Crippen LogP contribution is 2.40. The molecule has 30 heavy (non-hydrogen) atoms. The number of rotatable bonds is 8. The molecule has 0 radical (unpaired) electrons. The molecule has 1 aromatic rings. The third-order valence-electron chi connectivity index (χ3n) is 5.94. The zero-order chi connectivity index (χ0) is 22.4. The maximum Gasteiger partial charge on any atom is 0.185 e. The molecule has 164 valence electrons. The van der Waals surface area contributed by atoms with Crippen molar-refractivity contribution in [1.29, 1.82) is 0 Å².